The number of para-hydroxylation sites is 1. The summed E-state index contributed by atoms with van der Waals surface area (Å²) in [6.45, 7) is 0. The smallest absolute Gasteiger partial charge is 0.350 e. The molecule has 0 unspecified atom stereocenters. The number of hydrogen-bond donors (Lipinski definition) is 1. The molecule has 4 rings (SSSR count). The van der Waals surface area contributed by atoms with Gasteiger partial charge in [-0.25, -0.2) is 4.79 Å². The average Bonchev–Trinajstić information content (AvgIpc) is 3.54. The maximum Gasteiger partial charge on any atom is 0.350 e. The molecule has 2 aromatic heterocycles. The number of nitrogens with one attached hydrogen (secondary N) is 1. The number of carbonyl (C=O) groups is 2. The molecule has 1 aliphatic rings. The number of hydrogen-bond acceptors (Lipinski definition) is 11. The standard InChI is InChI=1S/C19H14N4O7S2/c24-14-7-11(9-31-19-22-21-18(32-19)20-16(25)10-5-6-10)29-8-15(14)30-17(26)12-3-1-2-4-13(12)23(27)28/h1-4,7-8,10H,5-6,9H2,(H,20,21,25). The van der Waals surface area contributed by atoms with Gasteiger partial charge in [-0.2, -0.15) is 0 Å². The van der Waals surface area contributed by atoms with Crippen LogP contribution in [0.5, 0.6) is 5.75 Å². The van der Waals surface area contributed by atoms with Crippen LogP contribution >= 0.6 is 23.1 Å². The summed E-state index contributed by atoms with van der Waals surface area (Å²) in [6.07, 6.45) is 2.75. The molecule has 0 aliphatic heterocycles. The number of esters is 1. The molecule has 1 amide bonds. The fourth-order valence-electron chi connectivity index (χ4n) is 2.55. The maximum atomic E-state index is 12.3. The first-order chi connectivity index (χ1) is 15.4. The van der Waals surface area contributed by atoms with Crippen molar-refractivity contribution in [1.82, 2.24) is 10.2 Å². The number of nitro benzene ring substituents is 1. The summed E-state index contributed by atoms with van der Waals surface area (Å²) < 4.78 is 10.9. The van der Waals surface area contributed by atoms with Crippen LogP contribution in [0.4, 0.5) is 10.8 Å². The van der Waals surface area contributed by atoms with Crippen LogP contribution < -0.4 is 15.5 Å². The quantitative estimate of drug-likeness (QED) is 0.169. The highest BCUT2D eigenvalue weighted by Gasteiger charge is 2.30. The molecule has 1 fully saturated rings. The van der Waals surface area contributed by atoms with Gasteiger partial charge in [-0.3, -0.25) is 19.7 Å². The minimum atomic E-state index is -1.04. The summed E-state index contributed by atoms with van der Waals surface area (Å²) in [4.78, 5) is 46.6. The Balaban J connectivity index is 1.37. The summed E-state index contributed by atoms with van der Waals surface area (Å²) in [5.41, 5.74) is -1.33. The molecule has 1 saturated carbocycles. The summed E-state index contributed by atoms with van der Waals surface area (Å²) in [5, 5.41) is 22.0. The summed E-state index contributed by atoms with van der Waals surface area (Å²) in [6, 6.07) is 6.42. The van der Waals surface area contributed by atoms with Gasteiger partial charge in [0.2, 0.25) is 22.2 Å². The molecule has 0 radical (unpaired) electrons. The predicted molar refractivity (Wildman–Crippen MR) is 114 cm³/mol. The highest BCUT2D eigenvalue weighted by molar-refractivity contribution is 8.00. The van der Waals surface area contributed by atoms with Crippen molar-refractivity contribution in [2.45, 2.75) is 22.9 Å². The Morgan fingerprint density at radius 2 is 2.09 bits per heavy atom. The molecule has 13 heteroatoms. The van der Waals surface area contributed by atoms with Gasteiger partial charge in [0.1, 0.15) is 17.6 Å². The van der Waals surface area contributed by atoms with E-state index in [1.54, 1.807) is 0 Å². The van der Waals surface area contributed by atoms with Crippen molar-refractivity contribution in [1.29, 1.82) is 0 Å². The lowest BCUT2D eigenvalue weighted by molar-refractivity contribution is -0.385. The number of carbonyl (C=O) groups excluding carboxylic acids is 2. The van der Waals surface area contributed by atoms with Gasteiger partial charge in [-0.1, -0.05) is 35.2 Å². The van der Waals surface area contributed by atoms with Crippen molar-refractivity contribution in [3.05, 3.63) is 68.3 Å². The first kappa shape index (κ1) is 21.6. The minimum Gasteiger partial charge on any atom is -0.464 e. The molecule has 1 aromatic carbocycles. The number of amides is 1. The van der Waals surface area contributed by atoms with E-state index in [9.17, 15) is 24.5 Å². The van der Waals surface area contributed by atoms with Crippen LogP contribution in [0, 0.1) is 16.0 Å². The third-order valence-electron chi connectivity index (χ3n) is 4.30. The van der Waals surface area contributed by atoms with Crippen LogP contribution in [0.15, 0.2) is 50.1 Å². The van der Waals surface area contributed by atoms with Gasteiger partial charge in [-0.05, 0) is 18.9 Å². The normalized spacial score (nSPS) is 12.9. The zero-order chi connectivity index (χ0) is 22.7. The van der Waals surface area contributed by atoms with Crippen LogP contribution in [0.1, 0.15) is 29.0 Å². The second-order valence-corrected chi connectivity index (χ2v) is 8.86. The van der Waals surface area contributed by atoms with Crippen molar-refractivity contribution in [3.63, 3.8) is 0 Å². The number of ether oxygens (including phenoxy) is 1. The molecular formula is C19H14N4O7S2. The van der Waals surface area contributed by atoms with Crippen LogP contribution in [0.3, 0.4) is 0 Å². The van der Waals surface area contributed by atoms with Crippen molar-refractivity contribution in [3.8, 4) is 5.75 Å². The Kier molecular flexibility index (Phi) is 6.28. The number of nitrogens with zero attached hydrogens (tertiary/aromatic N) is 3. The van der Waals surface area contributed by atoms with Crippen LogP contribution in [0.25, 0.3) is 0 Å². The zero-order valence-corrected chi connectivity index (χ0v) is 17.8. The summed E-state index contributed by atoms with van der Waals surface area (Å²) >= 11 is 2.46. The molecule has 11 nitrogen and oxygen atoms in total. The zero-order valence-electron chi connectivity index (χ0n) is 16.2. The highest BCUT2D eigenvalue weighted by atomic mass is 32.2. The Morgan fingerprint density at radius 1 is 1.31 bits per heavy atom. The van der Waals surface area contributed by atoms with Gasteiger partial charge < -0.3 is 14.5 Å². The second-order valence-electron chi connectivity index (χ2n) is 6.66. The van der Waals surface area contributed by atoms with Crippen LogP contribution in [-0.2, 0) is 10.5 Å². The monoisotopic (exact) mass is 474 g/mol. The first-order valence-electron chi connectivity index (χ1n) is 9.25. The fourth-order valence-corrected chi connectivity index (χ4v) is 4.20. The fraction of sp³-hybridized carbons (Fsp3) is 0.211. The van der Waals surface area contributed by atoms with E-state index < -0.39 is 22.0 Å². The third kappa shape index (κ3) is 5.18. The minimum absolute atomic E-state index is 0.0601. The molecule has 2 heterocycles. The Labute approximate surface area is 188 Å². The van der Waals surface area contributed by atoms with E-state index in [0.717, 1.165) is 31.2 Å². The Hall–Kier alpha value is -3.58. The largest absolute Gasteiger partial charge is 0.464 e. The van der Waals surface area contributed by atoms with E-state index in [1.165, 1.54) is 41.3 Å². The van der Waals surface area contributed by atoms with Crippen LogP contribution in [-0.4, -0.2) is 27.0 Å². The molecule has 0 spiro atoms. The maximum absolute atomic E-state index is 12.3. The van der Waals surface area contributed by atoms with Crippen molar-refractivity contribution < 1.29 is 23.7 Å². The summed E-state index contributed by atoms with van der Waals surface area (Å²) in [7, 11) is 0. The molecule has 164 valence electrons. The van der Waals surface area contributed by atoms with E-state index in [1.807, 2.05) is 0 Å². The van der Waals surface area contributed by atoms with E-state index >= 15 is 0 Å². The molecule has 32 heavy (non-hydrogen) atoms. The molecular weight excluding hydrogens is 460 g/mol. The van der Waals surface area contributed by atoms with E-state index in [0.29, 0.717) is 15.2 Å². The number of benzene rings is 1. The van der Waals surface area contributed by atoms with Crippen molar-refractivity contribution in [2.75, 3.05) is 5.32 Å². The molecule has 0 atom stereocenters. The number of thioether (sulfide) groups is 1. The topological polar surface area (TPSA) is 155 Å². The molecule has 0 bridgehead atoms. The molecule has 1 aliphatic carbocycles. The lowest BCUT2D eigenvalue weighted by Gasteiger charge is -2.05. The van der Waals surface area contributed by atoms with Crippen LogP contribution in [0.2, 0.25) is 0 Å². The number of aromatic nitrogens is 2. The number of nitro groups is 1. The molecule has 0 saturated heterocycles. The second kappa shape index (κ2) is 9.28. The lowest BCUT2D eigenvalue weighted by atomic mass is 10.2. The third-order valence-corrected chi connectivity index (χ3v) is 6.29. The first-order valence-corrected chi connectivity index (χ1v) is 11.1. The lowest BCUT2D eigenvalue weighted by Crippen LogP contribution is -2.16. The van der Waals surface area contributed by atoms with Gasteiger partial charge >= 0.3 is 5.97 Å². The van der Waals surface area contributed by atoms with Crippen molar-refractivity contribution >= 4 is 45.8 Å². The SMILES string of the molecule is O=C(Oc1coc(CSc2nnc(NC(=O)C3CC3)s2)cc1=O)c1ccccc1[N+](=O)[O-]. The number of anilines is 1. The molecule has 3 aromatic rings. The summed E-state index contributed by atoms with van der Waals surface area (Å²) in [5.74, 6) is -0.883. The Bertz CT molecular complexity index is 1250. The predicted octanol–water partition coefficient (Wildman–Crippen LogP) is 3.26. The van der Waals surface area contributed by atoms with E-state index in [-0.39, 0.29) is 28.9 Å². The van der Waals surface area contributed by atoms with Gasteiger partial charge in [0.15, 0.2) is 4.34 Å². The van der Waals surface area contributed by atoms with Gasteiger partial charge in [0, 0.05) is 18.1 Å². The Morgan fingerprint density at radius 3 is 2.81 bits per heavy atom. The van der Waals surface area contributed by atoms with Gasteiger partial charge in [0.25, 0.3) is 5.69 Å². The van der Waals surface area contributed by atoms with Crippen molar-refractivity contribution in [2.24, 2.45) is 5.92 Å². The van der Waals surface area contributed by atoms with E-state index in [4.69, 9.17) is 9.15 Å². The van der Waals surface area contributed by atoms with Gasteiger partial charge in [-0.15, -0.1) is 10.2 Å². The van der Waals surface area contributed by atoms with E-state index in [2.05, 4.69) is 15.5 Å². The average molecular weight is 474 g/mol. The number of rotatable bonds is 8. The highest BCUT2D eigenvalue weighted by Crippen LogP contribution is 2.32. The van der Waals surface area contributed by atoms with Gasteiger partial charge in [0.05, 0.1) is 10.7 Å². The molecule has 1 N–H and O–H groups in total.